The van der Waals surface area contributed by atoms with Gasteiger partial charge in [-0.25, -0.2) is 4.79 Å². The molecule has 0 saturated heterocycles. The summed E-state index contributed by atoms with van der Waals surface area (Å²) in [6.07, 6.45) is -0.945. The molecule has 0 saturated carbocycles. The van der Waals surface area contributed by atoms with Gasteiger partial charge >= 0.3 is 6.03 Å². The van der Waals surface area contributed by atoms with Crippen molar-refractivity contribution in [1.82, 2.24) is 10.6 Å². The van der Waals surface area contributed by atoms with E-state index < -0.39 is 17.7 Å². The number of nitrogens with one attached hydrogen (secondary N) is 2. The predicted octanol–water partition coefficient (Wildman–Crippen LogP) is 1.45. The topological polar surface area (TPSA) is 94.4 Å². The molecule has 0 radical (unpaired) electrons. The summed E-state index contributed by atoms with van der Waals surface area (Å²) in [5, 5.41) is 24.9. The van der Waals surface area contributed by atoms with Crippen LogP contribution in [0.2, 0.25) is 0 Å². The second kappa shape index (κ2) is 5.62. The van der Waals surface area contributed by atoms with E-state index in [1.807, 2.05) is 13.0 Å². The van der Waals surface area contributed by atoms with Crippen molar-refractivity contribution in [2.45, 2.75) is 38.5 Å². The van der Waals surface area contributed by atoms with E-state index in [0.717, 1.165) is 0 Å². The van der Waals surface area contributed by atoms with Crippen LogP contribution in [0.5, 0.6) is 5.75 Å². The lowest BCUT2D eigenvalue weighted by atomic mass is 9.85. The Bertz CT molecular complexity index is 592. The van der Waals surface area contributed by atoms with E-state index in [-0.39, 0.29) is 6.03 Å². The average molecular weight is 289 g/mol. The lowest BCUT2D eigenvalue weighted by molar-refractivity contribution is -0.0228. The van der Waals surface area contributed by atoms with Crippen molar-refractivity contribution in [2.75, 3.05) is 6.54 Å². The van der Waals surface area contributed by atoms with Crippen LogP contribution in [-0.4, -0.2) is 29.3 Å². The van der Waals surface area contributed by atoms with Gasteiger partial charge in [0.25, 0.3) is 0 Å². The minimum Gasteiger partial charge on any atom is -0.485 e. The molecule has 21 heavy (non-hydrogen) atoms. The first kappa shape index (κ1) is 15.1. The number of benzene rings is 1. The largest absolute Gasteiger partial charge is 0.485 e. The first-order valence-corrected chi connectivity index (χ1v) is 6.84. The second-order valence-corrected chi connectivity index (χ2v) is 5.50. The number of carbonyl (C=O) groups is 1. The molecular weight excluding hydrogens is 270 g/mol. The summed E-state index contributed by atoms with van der Waals surface area (Å²) in [4.78, 5) is 11.7. The van der Waals surface area contributed by atoms with Crippen molar-refractivity contribution in [3.05, 3.63) is 29.3 Å². The quantitative estimate of drug-likeness (QED) is 0.768. The van der Waals surface area contributed by atoms with Crippen molar-refractivity contribution < 1.29 is 14.6 Å². The predicted molar refractivity (Wildman–Crippen MR) is 76.8 cm³/mol. The number of fused-ring (bicyclic) bond motifs is 1. The Morgan fingerprint density at radius 1 is 1.52 bits per heavy atom. The molecule has 1 heterocycles. The summed E-state index contributed by atoms with van der Waals surface area (Å²) < 4.78 is 5.87. The maximum atomic E-state index is 11.7. The molecule has 6 nitrogen and oxygen atoms in total. The van der Waals surface area contributed by atoms with Crippen molar-refractivity contribution >= 4 is 6.03 Å². The van der Waals surface area contributed by atoms with Crippen LogP contribution in [0.15, 0.2) is 18.2 Å². The molecule has 0 spiro atoms. The zero-order valence-electron chi connectivity index (χ0n) is 12.3. The number of hydrogen-bond acceptors (Lipinski definition) is 4. The zero-order chi connectivity index (χ0) is 15.6. The SMILES string of the molecule is CCNC(=O)N[C@H]1C(O)c2cc(C#N)ccc2OC1(C)C. The molecule has 1 aliphatic heterocycles. The van der Waals surface area contributed by atoms with Gasteiger partial charge in [0.15, 0.2) is 0 Å². The third-order valence-electron chi connectivity index (χ3n) is 3.52. The highest BCUT2D eigenvalue weighted by molar-refractivity contribution is 5.74. The van der Waals surface area contributed by atoms with Crippen molar-refractivity contribution in [2.24, 2.45) is 0 Å². The van der Waals surface area contributed by atoms with Crippen LogP contribution in [0, 0.1) is 11.3 Å². The molecule has 1 unspecified atom stereocenters. The number of ether oxygens (including phenoxy) is 1. The van der Waals surface area contributed by atoms with E-state index in [9.17, 15) is 9.90 Å². The number of carbonyl (C=O) groups excluding carboxylic acids is 1. The highest BCUT2D eigenvalue weighted by atomic mass is 16.5. The molecule has 1 aromatic carbocycles. The highest BCUT2D eigenvalue weighted by Gasteiger charge is 2.44. The number of aliphatic hydroxyl groups is 1. The van der Waals surface area contributed by atoms with Crippen LogP contribution in [0.1, 0.15) is 38.0 Å². The molecule has 6 heteroatoms. The van der Waals surface area contributed by atoms with Gasteiger partial charge in [-0.05, 0) is 39.0 Å². The number of rotatable bonds is 2. The summed E-state index contributed by atoms with van der Waals surface area (Å²) >= 11 is 0. The maximum Gasteiger partial charge on any atom is 0.315 e. The fraction of sp³-hybridized carbons (Fsp3) is 0.467. The number of nitrogens with zero attached hydrogens (tertiary/aromatic N) is 1. The first-order valence-electron chi connectivity index (χ1n) is 6.84. The Balaban J connectivity index is 2.34. The van der Waals surface area contributed by atoms with Crippen molar-refractivity contribution in [3.63, 3.8) is 0 Å². The van der Waals surface area contributed by atoms with Gasteiger partial charge in [0.05, 0.1) is 17.7 Å². The molecule has 0 aromatic heterocycles. The fourth-order valence-electron chi connectivity index (χ4n) is 2.45. The smallest absolute Gasteiger partial charge is 0.315 e. The standard InChI is InChI=1S/C15H19N3O3/c1-4-17-14(20)18-13-12(19)10-7-9(8-16)5-6-11(10)21-15(13,2)3/h5-7,12-13,19H,4H2,1-3H3,(H2,17,18,20)/t12?,13-/m0/s1. The maximum absolute atomic E-state index is 11.7. The van der Waals surface area contributed by atoms with Gasteiger partial charge in [-0.2, -0.15) is 5.26 Å². The number of amides is 2. The van der Waals surface area contributed by atoms with Crippen LogP contribution in [-0.2, 0) is 0 Å². The Morgan fingerprint density at radius 3 is 2.86 bits per heavy atom. The van der Waals surface area contributed by atoms with Crippen molar-refractivity contribution in [3.8, 4) is 11.8 Å². The van der Waals surface area contributed by atoms with Crippen LogP contribution in [0.4, 0.5) is 4.79 Å². The molecule has 0 aliphatic carbocycles. The Labute approximate surface area is 123 Å². The average Bonchev–Trinajstić information content (AvgIpc) is 2.43. The molecule has 1 aromatic rings. The monoisotopic (exact) mass is 289 g/mol. The Kier molecular flexibility index (Phi) is 4.05. The number of nitriles is 1. The summed E-state index contributed by atoms with van der Waals surface area (Å²) in [7, 11) is 0. The highest BCUT2D eigenvalue weighted by Crippen LogP contribution is 2.40. The Morgan fingerprint density at radius 2 is 2.24 bits per heavy atom. The third kappa shape index (κ3) is 2.93. The van der Waals surface area contributed by atoms with Gasteiger partial charge in [-0.1, -0.05) is 0 Å². The molecule has 0 bridgehead atoms. The molecule has 2 atom stereocenters. The molecule has 2 amide bonds. The minimum absolute atomic E-state index is 0.363. The van der Waals surface area contributed by atoms with Crippen LogP contribution < -0.4 is 15.4 Å². The van der Waals surface area contributed by atoms with E-state index in [2.05, 4.69) is 10.6 Å². The van der Waals surface area contributed by atoms with Gasteiger partial charge < -0.3 is 20.5 Å². The number of urea groups is 1. The molecule has 3 N–H and O–H groups in total. The van der Waals surface area contributed by atoms with E-state index in [0.29, 0.717) is 23.4 Å². The zero-order valence-corrected chi connectivity index (χ0v) is 12.3. The van der Waals surface area contributed by atoms with E-state index in [1.54, 1.807) is 32.0 Å². The van der Waals surface area contributed by atoms with E-state index >= 15 is 0 Å². The number of aliphatic hydroxyl groups excluding tert-OH is 1. The molecule has 0 fully saturated rings. The number of hydrogen-bond donors (Lipinski definition) is 3. The van der Waals surface area contributed by atoms with Crippen LogP contribution >= 0.6 is 0 Å². The van der Waals surface area contributed by atoms with Crippen LogP contribution in [0.3, 0.4) is 0 Å². The summed E-state index contributed by atoms with van der Waals surface area (Å²) in [5.41, 5.74) is 0.175. The first-order chi connectivity index (χ1) is 9.89. The van der Waals surface area contributed by atoms with Crippen LogP contribution in [0.25, 0.3) is 0 Å². The van der Waals surface area contributed by atoms with E-state index in [1.165, 1.54) is 0 Å². The van der Waals surface area contributed by atoms with Gasteiger partial charge in [0.1, 0.15) is 17.5 Å². The third-order valence-corrected chi connectivity index (χ3v) is 3.52. The van der Waals surface area contributed by atoms with E-state index in [4.69, 9.17) is 10.00 Å². The summed E-state index contributed by atoms with van der Waals surface area (Å²) in [6, 6.07) is 5.94. The van der Waals surface area contributed by atoms with Gasteiger partial charge in [-0.15, -0.1) is 0 Å². The fourth-order valence-corrected chi connectivity index (χ4v) is 2.45. The molecule has 2 rings (SSSR count). The van der Waals surface area contributed by atoms with Gasteiger partial charge in [-0.3, -0.25) is 0 Å². The lowest BCUT2D eigenvalue weighted by Crippen LogP contribution is -2.59. The van der Waals surface area contributed by atoms with Gasteiger partial charge in [0.2, 0.25) is 0 Å². The molecule has 112 valence electrons. The summed E-state index contributed by atoms with van der Waals surface area (Å²) in [6.45, 7) is 5.90. The van der Waals surface area contributed by atoms with Crippen molar-refractivity contribution in [1.29, 1.82) is 5.26 Å². The molecular formula is C15H19N3O3. The van der Waals surface area contributed by atoms with Gasteiger partial charge in [0, 0.05) is 12.1 Å². The molecule has 1 aliphatic rings. The minimum atomic E-state index is -0.945. The lowest BCUT2D eigenvalue weighted by Gasteiger charge is -2.43. The second-order valence-electron chi connectivity index (χ2n) is 5.50. The summed E-state index contributed by atoms with van der Waals surface area (Å²) in [5.74, 6) is 0.528. The normalized spacial score (nSPS) is 22.4. The Hall–Kier alpha value is -2.26.